The second-order valence-corrected chi connectivity index (χ2v) is 4.37. The lowest BCUT2D eigenvalue weighted by molar-refractivity contribution is 0.325. The smallest absolute Gasteiger partial charge is 0.214 e. The number of aromatic nitrogens is 1. The van der Waals surface area contributed by atoms with Crippen molar-refractivity contribution in [3.8, 4) is 5.88 Å². The summed E-state index contributed by atoms with van der Waals surface area (Å²) in [5.41, 5.74) is 1.26. The van der Waals surface area contributed by atoms with Gasteiger partial charge in [-0.25, -0.2) is 4.98 Å². The van der Waals surface area contributed by atoms with Gasteiger partial charge in [0.1, 0.15) is 5.03 Å². The summed E-state index contributed by atoms with van der Waals surface area (Å²) in [6.07, 6.45) is 2.05. The monoisotopic (exact) mass is 233 g/mol. The molecule has 0 aliphatic heterocycles. The van der Waals surface area contributed by atoms with Gasteiger partial charge in [-0.1, -0.05) is 18.2 Å². The summed E-state index contributed by atoms with van der Waals surface area (Å²) >= 11 is 1.66. The standard InChI is InChI=1S/C13H15NOS/c1-4-15-11-8-10-7-5-6-9(2)12(10)13(14-11)16-3/h5-8H,4H2,1-3H3. The van der Waals surface area contributed by atoms with Gasteiger partial charge in [0, 0.05) is 11.5 Å². The van der Waals surface area contributed by atoms with Gasteiger partial charge in [-0.2, -0.15) is 0 Å². The number of rotatable bonds is 3. The molecule has 0 bridgehead atoms. The molecule has 0 saturated heterocycles. The first-order valence-electron chi connectivity index (χ1n) is 5.33. The molecule has 1 aromatic carbocycles. The number of hydrogen-bond acceptors (Lipinski definition) is 3. The number of thioether (sulfide) groups is 1. The zero-order chi connectivity index (χ0) is 11.5. The third-order valence-electron chi connectivity index (χ3n) is 2.50. The summed E-state index contributed by atoms with van der Waals surface area (Å²) in [5.74, 6) is 0.713. The van der Waals surface area contributed by atoms with E-state index < -0.39 is 0 Å². The number of aryl methyl sites for hydroxylation is 1. The highest BCUT2D eigenvalue weighted by Gasteiger charge is 2.07. The summed E-state index contributed by atoms with van der Waals surface area (Å²) < 4.78 is 5.47. The van der Waals surface area contributed by atoms with Gasteiger partial charge in [-0.3, -0.25) is 0 Å². The van der Waals surface area contributed by atoms with Crippen LogP contribution in [0.4, 0.5) is 0 Å². The van der Waals surface area contributed by atoms with Crippen molar-refractivity contribution in [2.75, 3.05) is 12.9 Å². The highest BCUT2D eigenvalue weighted by atomic mass is 32.2. The average Bonchev–Trinajstić information content (AvgIpc) is 2.28. The second-order valence-electron chi connectivity index (χ2n) is 3.58. The molecule has 0 spiro atoms. The van der Waals surface area contributed by atoms with E-state index in [1.54, 1.807) is 11.8 Å². The zero-order valence-corrected chi connectivity index (χ0v) is 10.6. The third kappa shape index (κ3) is 2.00. The van der Waals surface area contributed by atoms with Crippen molar-refractivity contribution >= 4 is 22.5 Å². The van der Waals surface area contributed by atoms with Gasteiger partial charge < -0.3 is 4.74 Å². The second kappa shape index (κ2) is 4.74. The average molecular weight is 233 g/mol. The first kappa shape index (κ1) is 11.3. The molecule has 0 unspecified atom stereocenters. The van der Waals surface area contributed by atoms with Crippen LogP contribution < -0.4 is 4.74 Å². The minimum atomic E-state index is 0.651. The van der Waals surface area contributed by atoms with Crippen LogP contribution in [0, 0.1) is 6.92 Å². The molecule has 0 saturated carbocycles. The van der Waals surface area contributed by atoms with E-state index in [2.05, 4.69) is 30.1 Å². The van der Waals surface area contributed by atoms with E-state index in [-0.39, 0.29) is 0 Å². The fourth-order valence-electron chi connectivity index (χ4n) is 1.79. The maximum atomic E-state index is 5.47. The number of fused-ring (bicyclic) bond motifs is 1. The van der Waals surface area contributed by atoms with E-state index in [0.717, 1.165) is 5.03 Å². The molecular formula is C13H15NOS. The molecule has 16 heavy (non-hydrogen) atoms. The fourth-order valence-corrected chi connectivity index (χ4v) is 2.46. The Balaban J connectivity index is 2.68. The molecule has 2 rings (SSSR count). The van der Waals surface area contributed by atoms with Crippen LogP contribution in [0.15, 0.2) is 29.3 Å². The highest BCUT2D eigenvalue weighted by molar-refractivity contribution is 7.98. The molecule has 0 atom stereocenters. The normalized spacial score (nSPS) is 10.7. The van der Waals surface area contributed by atoms with Crippen molar-refractivity contribution in [3.63, 3.8) is 0 Å². The molecule has 84 valence electrons. The predicted octanol–water partition coefficient (Wildman–Crippen LogP) is 3.66. The zero-order valence-electron chi connectivity index (χ0n) is 9.78. The van der Waals surface area contributed by atoms with Gasteiger partial charge >= 0.3 is 0 Å². The van der Waals surface area contributed by atoms with Crippen LogP contribution in [0.2, 0.25) is 0 Å². The predicted molar refractivity (Wildman–Crippen MR) is 69.4 cm³/mol. The van der Waals surface area contributed by atoms with Crippen LogP contribution >= 0.6 is 11.8 Å². The Labute approximate surface area is 100 Å². The molecule has 0 aliphatic carbocycles. The van der Waals surface area contributed by atoms with Crippen molar-refractivity contribution < 1.29 is 4.74 Å². The molecule has 0 radical (unpaired) electrons. The maximum absolute atomic E-state index is 5.47. The first-order chi connectivity index (χ1) is 7.76. The molecule has 2 aromatic rings. The number of ether oxygens (including phenoxy) is 1. The maximum Gasteiger partial charge on any atom is 0.214 e. The van der Waals surface area contributed by atoms with Crippen molar-refractivity contribution in [2.45, 2.75) is 18.9 Å². The van der Waals surface area contributed by atoms with Crippen LogP contribution in [-0.2, 0) is 0 Å². The van der Waals surface area contributed by atoms with Gasteiger partial charge in [-0.15, -0.1) is 11.8 Å². The summed E-state index contributed by atoms with van der Waals surface area (Å²) in [5, 5.41) is 3.47. The van der Waals surface area contributed by atoms with Crippen LogP contribution in [0.25, 0.3) is 10.8 Å². The van der Waals surface area contributed by atoms with Crippen LogP contribution in [0.3, 0.4) is 0 Å². The highest BCUT2D eigenvalue weighted by Crippen LogP contribution is 2.30. The Morgan fingerprint density at radius 2 is 2.19 bits per heavy atom. The van der Waals surface area contributed by atoms with Gasteiger partial charge in [0.05, 0.1) is 6.61 Å². The first-order valence-corrected chi connectivity index (χ1v) is 6.56. The third-order valence-corrected chi connectivity index (χ3v) is 3.18. The molecule has 0 aliphatic rings. The van der Waals surface area contributed by atoms with Gasteiger partial charge in [0.2, 0.25) is 5.88 Å². The minimum Gasteiger partial charge on any atom is -0.478 e. The molecule has 1 aromatic heterocycles. The Kier molecular flexibility index (Phi) is 3.34. The molecule has 3 heteroatoms. The molecule has 0 N–H and O–H groups in total. The van der Waals surface area contributed by atoms with Crippen molar-refractivity contribution in [3.05, 3.63) is 29.8 Å². The molecule has 0 fully saturated rings. The summed E-state index contributed by atoms with van der Waals surface area (Å²) in [6, 6.07) is 8.29. The van der Waals surface area contributed by atoms with E-state index in [9.17, 15) is 0 Å². The lowest BCUT2D eigenvalue weighted by Gasteiger charge is -2.09. The largest absolute Gasteiger partial charge is 0.478 e. The fraction of sp³-hybridized carbons (Fsp3) is 0.308. The summed E-state index contributed by atoms with van der Waals surface area (Å²) in [6.45, 7) is 4.74. The molecule has 1 heterocycles. The number of hydrogen-bond donors (Lipinski definition) is 0. The summed E-state index contributed by atoms with van der Waals surface area (Å²) in [4.78, 5) is 4.51. The number of nitrogens with zero attached hydrogens (tertiary/aromatic N) is 1. The van der Waals surface area contributed by atoms with E-state index in [0.29, 0.717) is 12.5 Å². The van der Waals surface area contributed by atoms with Crippen LogP contribution in [0.5, 0.6) is 5.88 Å². The van der Waals surface area contributed by atoms with E-state index >= 15 is 0 Å². The molecule has 0 amide bonds. The van der Waals surface area contributed by atoms with Gasteiger partial charge in [0.15, 0.2) is 0 Å². The van der Waals surface area contributed by atoms with Crippen molar-refractivity contribution in [1.29, 1.82) is 0 Å². The van der Waals surface area contributed by atoms with Crippen LogP contribution in [0.1, 0.15) is 12.5 Å². The minimum absolute atomic E-state index is 0.651. The van der Waals surface area contributed by atoms with Crippen molar-refractivity contribution in [1.82, 2.24) is 4.98 Å². The van der Waals surface area contributed by atoms with E-state index in [4.69, 9.17) is 4.74 Å². The Bertz CT molecular complexity index is 511. The van der Waals surface area contributed by atoms with E-state index in [1.165, 1.54) is 16.3 Å². The number of benzene rings is 1. The Morgan fingerprint density at radius 1 is 1.38 bits per heavy atom. The SMILES string of the molecule is CCOc1cc2cccc(C)c2c(SC)n1. The lowest BCUT2D eigenvalue weighted by atomic mass is 10.1. The Hall–Kier alpha value is -1.22. The lowest BCUT2D eigenvalue weighted by Crippen LogP contribution is -1.96. The van der Waals surface area contributed by atoms with E-state index in [1.807, 2.05) is 19.2 Å². The summed E-state index contributed by atoms with van der Waals surface area (Å²) in [7, 11) is 0. The Morgan fingerprint density at radius 3 is 2.88 bits per heavy atom. The number of pyridine rings is 1. The topological polar surface area (TPSA) is 22.1 Å². The molecule has 2 nitrogen and oxygen atoms in total. The quantitative estimate of drug-likeness (QED) is 0.755. The van der Waals surface area contributed by atoms with Crippen LogP contribution in [-0.4, -0.2) is 17.8 Å². The van der Waals surface area contributed by atoms with Crippen molar-refractivity contribution in [2.24, 2.45) is 0 Å². The molecular weight excluding hydrogens is 218 g/mol. The van der Waals surface area contributed by atoms with Gasteiger partial charge in [0.25, 0.3) is 0 Å². The van der Waals surface area contributed by atoms with Gasteiger partial charge in [-0.05, 0) is 31.1 Å².